The number of allylic oxidation sites excluding steroid dienone is 1. The molecule has 1 aliphatic rings. The van der Waals surface area contributed by atoms with E-state index in [0.717, 1.165) is 0 Å². The Bertz CT molecular complexity index is 251. The lowest BCUT2D eigenvalue weighted by Crippen LogP contribution is -2.10. The van der Waals surface area contributed by atoms with Crippen molar-refractivity contribution in [3.05, 3.63) is 33.9 Å². The molecule has 58 valence electrons. The third kappa shape index (κ3) is 1.25. The van der Waals surface area contributed by atoms with Gasteiger partial charge in [-0.2, -0.15) is 0 Å². The number of thiophene rings is 1. The Balaban J connectivity index is 2.29. The Hall–Kier alpha value is -0.210. The summed E-state index contributed by atoms with van der Waals surface area (Å²) in [5.74, 6) is 0. The molecule has 2 heteroatoms. The van der Waals surface area contributed by atoms with E-state index in [9.17, 15) is 0 Å². The summed E-state index contributed by atoms with van der Waals surface area (Å²) in [5.41, 5.74) is 0. The molecule has 0 aliphatic carbocycles. The van der Waals surface area contributed by atoms with Crippen LogP contribution < -0.4 is 0 Å². The monoisotopic (exact) mass is 182 g/mol. The van der Waals surface area contributed by atoms with Crippen molar-refractivity contribution >= 4 is 23.1 Å². The maximum atomic E-state index is 2.31. The predicted octanol–water partition coefficient (Wildman–Crippen LogP) is 3.61. The van der Waals surface area contributed by atoms with Crippen LogP contribution in [0.1, 0.15) is 18.2 Å². The summed E-state index contributed by atoms with van der Waals surface area (Å²) < 4.78 is 0.341. The highest BCUT2D eigenvalue weighted by Gasteiger charge is 2.28. The third-order valence-corrected chi connectivity index (χ3v) is 4.47. The molecule has 0 unspecified atom stereocenters. The van der Waals surface area contributed by atoms with Crippen LogP contribution in [0.25, 0.3) is 0 Å². The molecule has 0 aromatic carbocycles. The molecule has 0 bridgehead atoms. The van der Waals surface area contributed by atoms with Crippen molar-refractivity contribution in [2.24, 2.45) is 0 Å². The molecule has 2 heterocycles. The second-order valence-corrected chi connectivity index (χ2v) is 5.26. The molecule has 2 rings (SSSR count). The Labute approximate surface area is 75.3 Å². The van der Waals surface area contributed by atoms with Crippen LogP contribution in [0.4, 0.5) is 0 Å². The first-order valence-corrected chi connectivity index (χ1v) is 5.44. The van der Waals surface area contributed by atoms with Crippen LogP contribution in [0.3, 0.4) is 0 Å². The second-order valence-electron chi connectivity index (χ2n) is 2.90. The van der Waals surface area contributed by atoms with Gasteiger partial charge in [-0.3, -0.25) is 0 Å². The molecular formula is C9H10S2. The molecule has 0 saturated carbocycles. The molecule has 0 radical (unpaired) electrons. The van der Waals surface area contributed by atoms with Gasteiger partial charge in [-0.25, -0.2) is 0 Å². The zero-order valence-corrected chi connectivity index (χ0v) is 8.04. The van der Waals surface area contributed by atoms with Gasteiger partial charge in [-0.15, -0.1) is 23.1 Å². The van der Waals surface area contributed by atoms with Crippen LogP contribution in [0.2, 0.25) is 0 Å². The minimum absolute atomic E-state index is 0.341. The molecular weight excluding hydrogens is 172 g/mol. The van der Waals surface area contributed by atoms with Crippen molar-refractivity contribution in [2.75, 3.05) is 0 Å². The summed E-state index contributed by atoms with van der Waals surface area (Å²) in [6.45, 7) is 2.31. The van der Waals surface area contributed by atoms with E-state index in [1.807, 2.05) is 23.1 Å². The first-order chi connectivity index (χ1) is 5.31. The van der Waals surface area contributed by atoms with Crippen LogP contribution in [-0.2, 0) is 4.75 Å². The lowest BCUT2D eigenvalue weighted by atomic mass is 10.1. The molecule has 0 fully saturated rings. The summed E-state index contributed by atoms with van der Waals surface area (Å²) in [6, 6.07) is 4.36. The first-order valence-electron chi connectivity index (χ1n) is 3.68. The number of hydrogen-bond acceptors (Lipinski definition) is 2. The zero-order chi connectivity index (χ0) is 7.73. The lowest BCUT2D eigenvalue weighted by Gasteiger charge is -2.20. The van der Waals surface area contributed by atoms with Crippen LogP contribution in [0, 0.1) is 0 Å². The lowest BCUT2D eigenvalue weighted by molar-refractivity contribution is 0.735. The average molecular weight is 182 g/mol. The number of rotatable bonds is 1. The van der Waals surface area contributed by atoms with Crippen LogP contribution in [0.5, 0.6) is 0 Å². The van der Waals surface area contributed by atoms with E-state index >= 15 is 0 Å². The molecule has 0 nitrogen and oxygen atoms in total. The highest BCUT2D eigenvalue weighted by molar-refractivity contribution is 8.03. The van der Waals surface area contributed by atoms with Crippen LogP contribution >= 0.6 is 23.1 Å². The Kier molecular flexibility index (Phi) is 1.81. The van der Waals surface area contributed by atoms with Gasteiger partial charge in [-0.1, -0.05) is 12.1 Å². The predicted molar refractivity (Wildman–Crippen MR) is 53.0 cm³/mol. The van der Waals surface area contributed by atoms with Gasteiger partial charge in [0.25, 0.3) is 0 Å². The molecule has 0 spiro atoms. The second kappa shape index (κ2) is 2.68. The minimum atomic E-state index is 0.341. The van der Waals surface area contributed by atoms with Gasteiger partial charge < -0.3 is 0 Å². The first kappa shape index (κ1) is 7.44. The van der Waals surface area contributed by atoms with Crippen molar-refractivity contribution in [1.29, 1.82) is 0 Å². The number of thioether (sulfide) groups is 1. The Morgan fingerprint density at radius 1 is 1.55 bits per heavy atom. The smallest absolute Gasteiger partial charge is 0.0549 e. The van der Waals surface area contributed by atoms with Crippen molar-refractivity contribution < 1.29 is 0 Å². The summed E-state index contributed by atoms with van der Waals surface area (Å²) in [6.07, 6.45) is 3.43. The quantitative estimate of drug-likeness (QED) is 0.639. The van der Waals surface area contributed by atoms with Gasteiger partial charge in [0.15, 0.2) is 0 Å². The average Bonchev–Trinajstić information content (AvgIpc) is 2.55. The summed E-state index contributed by atoms with van der Waals surface area (Å²) in [4.78, 5) is 1.49. The number of hydrogen-bond donors (Lipinski definition) is 0. The van der Waals surface area contributed by atoms with E-state index in [0.29, 0.717) is 4.75 Å². The van der Waals surface area contributed by atoms with E-state index in [4.69, 9.17) is 0 Å². The van der Waals surface area contributed by atoms with E-state index in [1.54, 1.807) is 0 Å². The topological polar surface area (TPSA) is 0 Å². The molecule has 0 amide bonds. The highest BCUT2D eigenvalue weighted by atomic mass is 32.2. The molecule has 0 saturated heterocycles. The van der Waals surface area contributed by atoms with E-state index in [-0.39, 0.29) is 0 Å². The molecule has 1 atom stereocenters. The third-order valence-electron chi connectivity index (χ3n) is 1.97. The fourth-order valence-corrected chi connectivity index (χ4v) is 3.21. The van der Waals surface area contributed by atoms with Crippen molar-refractivity contribution in [3.8, 4) is 0 Å². The van der Waals surface area contributed by atoms with Crippen molar-refractivity contribution in [1.82, 2.24) is 0 Å². The van der Waals surface area contributed by atoms with E-state index in [2.05, 4.69) is 35.9 Å². The normalized spacial score (nSPS) is 29.5. The SMILES string of the molecule is C[C@@]1(c2cccs2)CC=CS1. The van der Waals surface area contributed by atoms with E-state index < -0.39 is 0 Å². The van der Waals surface area contributed by atoms with E-state index in [1.165, 1.54) is 11.3 Å². The molecule has 0 N–H and O–H groups in total. The van der Waals surface area contributed by atoms with Gasteiger partial charge in [0.05, 0.1) is 4.75 Å². The molecule has 1 aromatic rings. The van der Waals surface area contributed by atoms with Crippen molar-refractivity contribution in [3.63, 3.8) is 0 Å². The maximum Gasteiger partial charge on any atom is 0.0549 e. The van der Waals surface area contributed by atoms with Crippen LogP contribution in [-0.4, -0.2) is 0 Å². The fraction of sp³-hybridized carbons (Fsp3) is 0.333. The standard InChI is InChI=1S/C9H10S2/c1-9(5-3-7-11-9)8-4-2-6-10-8/h2-4,6-7H,5H2,1H3/t9-/m0/s1. The van der Waals surface area contributed by atoms with Gasteiger partial charge in [-0.05, 0) is 30.2 Å². The van der Waals surface area contributed by atoms with Gasteiger partial charge in [0, 0.05) is 4.88 Å². The largest absolute Gasteiger partial charge is 0.147 e. The summed E-state index contributed by atoms with van der Waals surface area (Å²) in [5, 5.41) is 4.36. The highest BCUT2D eigenvalue weighted by Crippen LogP contribution is 2.46. The molecule has 11 heavy (non-hydrogen) atoms. The maximum absolute atomic E-state index is 2.31. The molecule has 1 aliphatic heterocycles. The van der Waals surface area contributed by atoms with Gasteiger partial charge >= 0.3 is 0 Å². The summed E-state index contributed by atoms with van der Waals surface area (Å²) >= 11 is 3.79. The fourth-order valence-electron chi connectivity index (χ4n) is 1.26. The molecule has 1 aromatic heterocycles. The zero-order valence-electron chi connectivity index (χ0n) is 6.41. The van der Waals surface area contributed by atoms with Crippen LogP contribution in [0.15, 0.2) is 29.0 Å². The summed E-state index contributed by atoms with van der Waals surface area (Å²) in [7, 11) is 0. The minimum Gasteiger partial charge on any atom is -0.147 e. The van der Waals surface area contributed by atoms with Gasteiger partial charge in [0.2, 0.25) is 0 Å². The van der Waals surface area contributed by atoms with Crippen molar-refractivity contribution in [2.45, 2.75) is 18.1 Å². The van der Waals surface area contributed by atoms with Gasteiger partial charge in [0.1, 0.15) is 0 Å². The Morgan fingerprint density at radius 3 is 3.00 bits per heavy atom. The Morgan fingerprint density at radius 2 is 2.45 bits per heavy atom.